The van der Waals surface area contributed by atoms with Crippen molar-refractivity contribution in [1.82, 2.24) is 10.6 Å². The summed E-state index contributed by atoms with van der Waals surface area (Å²) < 4.78 is 44.2. The third-order valence-electron chi connectivity index (χ3n) is 5.40. The van der Waals surface area contributed by atoms with Crippen molar-refractivity contribution in [2.45, 2.75) is 78.0 Å². The zero-order chi connectivity index (χ0) is 24.6. The number of ether oxygens (including phenoxy) is 3. The van der Waals surface area contributed by atoms with E-state index in [0.29, 0.717) is 17.9 Å². The summed E-state index contributed by atoms with van der Waals surface area (Å²) in [6.45, 7) is 9.00. The van der Waals surface area contributed by atoms with E-state index in [2.05, 4.69) is 10.6 Å². The Labute approximate surface area is 195 Å². The number of carbonyl (C=O) groups excluding carboxylic acids is 1. The number of benzene rings is 1. The fourth-order valence-corrected chi connectivity index (χ4v) is 3.64. The van der Waals surface area contributed by atoms with Gasteiger partial charge in [-0.2, -0.15) is 0 Å². The SMILES string of the molecule is CCCOc1cc(F)cc(C[C@H](NC(C)=O)[C@H](O)[C@H]2CO[C@@H](OCC(C)(C)CF)[C@H](C)N2)c1. The molecule has 3 N–H and O–H groups in total. The Morgan fingerprint density at radius 1 is 1.39 bits per heavy atom. The van der Waals surface area contributed by atoms with Gasteiger partial charge in [-0.25, -0.2) is 4.39 Å². The Morgan fingerprint density at radius 3 is 2.73 bits per heavy atom. The zero-order valence-electron chi connectivity index (χ0n) is 20.2. The summed E-state index contributed by atoms with van der Waals surface area (Å²) >= 11 is 0. The number of nitrogens with one attached hydrogen (secondary N) is 2. The maximum absolute atomic E-state index is 14.1. The van der Waals surface area contributed by atoms with Crippen molar-refractivity contribution < 1.29 is 32.9 Å². The van der Waals surface area contributed by atoms with Crippen LogP contribution in [0.3, 0.4) is 0 Å². The molecule has 1 amide bonds. The first-order valence-electron chi connectivity index (χ1n) is 11.5. The molecule has 188 valence electrons. The lowest BCUT2D eigenvalue weighted by atomic mass is 9.95. The molecule has 0 spiro atoms. The van der Waals surface area contributed by atoms with Crippen molar-refractivity contribution in [3.8, 4) is 5.75 Å². The Kier molecular flexibility index (Phi) is 10.5. The smallest absolute Gasteiger partial charge is 0.217 e. The summed E-state index contributed by atoms with van der Waals surface area (Å²) in [6.07, 6.45) is -0.596. The van der Waals surface area contributed by atoms with Crippen LogP contribution in [0.5, 0.6) is 5.75 Å². The minimum atomic E-state index is -1.01. The molecule has 33 heavy (non-hydrogen) atoms. The van der Waals surface area contributed by atoms with E-state index in [4.69, 9.17) is 14.2 Å². The number of rotatable bonds is 12. The highest BCUT2D eigenvalue weighted by Crippen LogP contribution is 2.22. The second-order valence-electron chi connectivity index (χ2n) is 9.52. The minimum Gasteiger partial charge on any atom is -0.493 e. The van der Waals surface area contributed by atoms with Crippen molar-refractivity contribution in [3.05, 3.63) is 29.6 Å². The van der Waals surface area contributed by atoms with Gasteiger partial charge in [-0.05, 0) is 37.5 Å². The zero-order valence-corrected chi connectivity index (χ0v) is 20.2. The number of hydrogen-bond donors (Lipinski definition) is 3. The summed E-state index contributed by atoms with van der Waals surface area (Å²) in [5, 5.41) is 17.1. The van der Waals surface area contributed by atoms with Gasteiger partial charge in [0.25, 0.3) is 0 Å². The van der Waals surface area contributed by atoms with Crippen LogP contribution in [-0.4, -0.2) is 68.0 Å². The Hall–Kier alpha value is -1.81. The van der Waals surface area contributed by atoms with Crippen LogP contribution in [0.4, 0.5) is 8.78 Å². The molecule has 9 heteroatoms. The van der Waals surface area contributed by atoms with E-state index in [1.165, 1.54) is 19.1 Å². The first-order valence-corrected chi connectivity index (χ1v) is 11.5. The van der Waals surface area contributed by atoms with Gasteiger partial charge < -0.3 is 30.0 Å². The normalized spacial score (nSPS) is 23.1. The van der Waals surface area contributed by atoms with Gasteiger partial charge in [0.15, 0.2) is 6.29 Å². The molecule has 7 nitrogen and oxygen atoms in total. The largest absolute Gasteiger partial charge is 0.493 e. The lowest BCUT2D eigenvalue weighted by molar-refractivity contribution is -0.203. The Balaban J connectivity index is 2.05. The molecule has 1 saturated heterocycles. The van der Waals surface area contributed by atoms with Crippen molar-refractivity contribution in [1.29, 1.82) is 0 Å². The monoisotopic (exact) mass is 472 g/mol. The summed E-state index contributed by atoms with van der Waals surface area (Å²) in [5.41, 5.74) is -0.0148. The summed E-state index contributed by atoms with van der Waals surface area (Å²) in [4.78, 5) is 11.8. The van der Waals surface area contributed by atoms with E-state index in [1.807, 2.05) is 13.8 Å². The molecule has 0 bridgehead atoms. The molecule has 0 aliphatic carbocycles. The van der Waals surface area contributed by atoms with E-state index in [-0.39, 0.29) is 31.6 Å². The van der Waals surface area contributed by atoms with E-state index in [9.17, 15) is 18.7 Å². The maximum Gasteiger partial charge on any atom is 0.217 e. The van der Waals surface area contributed by atoms with Gasteiger partial charge in [0.2, 0.25) is 5.91 Å². The average molecular weight is 473 g/mol. The predicted molar refractivity (Wildman–Crippen MR) is 121 cm³/mol. The molecule has 1 aliphatic rings. The molecule has 0 radical (unpaired) electrons. The number of amides is 1. The standard InChI is InChI=1S/C24H38F2N2O5/c1-6-7-31-19-9-17(8-18(26)11-19)10-20(28-16(3)29)22(30)21-12-32-23(15(2)27-21)33-14-24(4,5)13-25/h8-9,11,15,20-23,27,30H,6-7,10,12-14H2,1-5H3,(H,28,29)/t15-,20-,21+,22-,23-/m0/s1. The summed E-state index contributed by atoms with van der Waals surface area (Å²) in [6, 6.07) is 2.95. The van der Waals surface area contributed by atoms with Gasteiger partial charge in [0.05, 0.1) is 50.7 Å². The van der Waals surface area contributed by atoms with Gasteiger partial charge in [-0.1, -0.05) is 20.8 Å². The van der Waals surface area contributed by atoms with Gasteiger partial charge in [0.1, 0.15) is 11.6 Å². The molecule has 1 heterocycles. The van der Waals surface area contributed by atoms with Gasteiger partial charge >= 0.3 is 0 Å². The van der Waals surface area contributed by atoms with E-state index >= 15 is 0 Å². The maximum atomic E-state index is 14.1. The van der Waals surface area contributed by atoms with Crippen molar-refractivity contribution >= 4 is 5.91 Å². The van der Waals surface area contributed by atoms with Gasteiger partial charge in [0, 0.05) is 18.4 Å². The van der Waals surface area contributed by atoms with Crippen LogP contribution in [0.2, 0.25) is 0 Å². The molecule has 0 unspecified atom stereocenters. The highest BCUT2D eigenvalue weighted by Gasteiger charge is 2.36. The molecule has 1 aromatic rings. The number of hydrogen-bond acceptors (Lipinski definition) is 6. The molecule has 1 aliphatic heterocycles. The number of halogens is 2. The predicted octanol–water partition coefficient (Wildman–Crippen LogP) is 2.74. The molecule has 0 aromatic heterocycles. The minimum absolute atomic E-state index is 0.135. The van der Waals surface area contributed by atoms with Crippen LogP contribution in [0, 0.1) is 11.2 Å². The Bertz CT molecular complexity index is 764. The molecular formula is C24H38F2N2O5. The van der Waals surface area contributed by atoms with Crippen molar-refractivity contribution in [2.24, 2.45) is 5.41 Å². The molecule has 5 atom stereocenters. The van der Waals surface area contributed by atoms with Crippen LogP contribution < -0.4 is 15.4 Å². The molecule has 1 aromatic carbocycles. The van der Waals surface area contributed by atoms with E-state index in [1.54, 1.807) is 19.9 Å². The van der Waals surface area contributed by atoms with Crippen LogP contribution in [0.15, 0.2) is 18.2 Å². The van der Waals surface area contributed by atoms with Crippen LogP contribution in [-0.2, 0) is 20.7 Å². The highest BCUT2D eigenvalue weighted by atomic mass is 19.1. The van der Waals surface area contributed by atoms with Crippen molar-refractivity contribution in [2.75, 3.05) is 26.5 Å². The fraction of sp³-hybridized carbons (Fsp3) is 0.708. The topological polar surface area (TPSA) is 89.1 Å². The third kappa shape index (κ3) is 8.81. The second-order valence-corrected chi connectivity index (χ2v) is 9.52. The molecule has 0 saturated carbocycles. The highest BCUT2D eigenvalue weighted by molar-refractivity contribution is 5.73. The lowest BCUT2D eigenvalue weighted by Gasteiger charge is -2.40. The fourth-order valence-electron chi connectivity index (χ4n) is 3.64. The quantitative estimate of drug-likeness (QED) is 0.434. The lowest BCUT2D eigenvalue weighted by Crippen LogP contribution is -2.62. The number of carbonyl (C=O) groups is 1. The van der Waals surface area contributed by atoms with Crippen molar-refractivity contribution in [3.63, 3.8) is 0 Å². The summed E-state index contributed by atoms with van der Waals surface area (Å²) in [5.74, 6) is -0.345. The number of morpholine rings is 1. The van der Waals surface area contributed by atoms with E-state index < -0.39 is 42.4 Å². The average Bonchev–Trinajstić information content (AvgIpc) is 2.75. The van der Waals surface area contributed by atoms with Crippen LogP contribution >= 0.6 is 0 Å². The van der Waals surface area contributed by atoms with E-state index in [0.717, 1.165) is 6.42 Å². The first-order chi connectivity index (χ1) is 15.5. The first kappa shape index (κ1) is 27.4. The van der Waals surface area contributed by atoms with Gasteiger partial charge in [-0.15, -0.1) is 0 Å². The van der Waals surface area contributed by atoms with Crippen LogP contribution in [0.1, 0.15) is 46.6 Å². The molecule has 2 rings (SSSR count). The Morgan fingerprint density at radius 2 is 2.12 bits per heavy atom. The molecular weight excluding hydrogens is 434 g/mol. The molecule has 1 fully saturated rings. The van der Waals surface area contributed by atoms with Crippen LogP contribution in [0.25, 0.3) is 0 Å². The summed E-state index contributed by atoms with van der Waals surface area (Å²) in [7, 11) is 0. The third-order valence-corrected chi connectivity index (χ3v) is 5.40. The van der Waals surface area contributed by atoms with Gasteiger partial charge in [-0.3, -0.25) is 9.18 Å². The second kappa shape index (κ2) is 12.6. The number of alkyl halides is 1. The number of aliphatic hydroxyl groups is 1. The number of aliphatic hydroxyl groups excluding tert-OH is 1.